The van der Waals surface area contributed by atoms with Crippen LogP contribution in [0, 0.1) is 0 Å². The number of nitrogens with zero attached hydrogens (tertiary/aromatic N) is 3. The van der Waals surface area contributed by atoms with Crippen molar-refractivity contribution in [2.45, 2.75) is 24.5 Å². The highest BCUT2D eigenvalue weighted by Gasteiger charge is 2.45. The molecule has 1 aliphatic heterocycles. The first-order valence-corrected chi connectivity index (χ1v) is 8.84. The van der Waals surface area contributed by atoms with Crippen LogP contribution in [0.25, 0.3) is 11.2 Å². The molecule has 1 fully saturated rings. The minimum absolute atomic E-state index is 0.00965. The number of hydrogen-bond donors (Lipinski definition) is 5. The Labute approximate surface area is 141 Å². The standard InChI is InChI=1S/C10H12BrN4O8P/c11-10-14-4-7(12-2-13-8(4)18)15(10)9-6(17)5(16)3(23-9)1-22-24(19,20)21/h2-3,5-6,9,16-17H,1H2,(H,12,13,18)(H2,19,20,21)/t3-,5-,6-,9-/m1/s1. The Balaban J connectivity index is 1.93. The van der Waals surface area contributed by atoms with Crippen LogP contribution in [0.15, 0.2) is 15.9 Å². The molecule has 0 unspecified atom stereocenters. The van der Waals surface area contributed by atoms with Crippen molar-refractivity contribution in [2.24, 2.45) is 0 Å². The lowest BCUT2D eigenvalue weighted by Gasteiger charge is -2.17. The van der Waals surface area contributed by atoms with Crippen molar-refractivity contribution in [1.29, 1.82) is 0 Å². The number of aliphatic hydroxyl groups is 2. The van der Waals surface area contributed by atoms with Gasteiger partial charge in [-0.3, -0.25) is 13.9 Å². The van der Waals surface area contributed by atoms with E-state index in [1.54, 1.807) is 0 Å². The van der Waals surface area contributed by atoms with Gasteiger partial charge in [-0.1, -0.05) is 0 Å². The largest absolute Gasteiger partial charge is 0.469 e. The van der Waals surface area contributed by atoms with Crippen LogP contribution >= 0.6 is 23.8 Å². The van der Waals surface area contributed by atoms with E-state index in [1.807, 2.05) is 0 Å². The number of rotatable bonds is 4. The van der Waals surface area contributed by atoms with Crippen molar-refractivity contribution in [2.75, 3.05) is 6.61 Å². The molecule has 0 aliphatic carbocycles. The molecule has 0 radical (unpaired) electrons. The fourth-order valence-electron chi connectivity index (χ4n) is 2.37. The van der Waals surface area contributed by atoms with Crippen LogP contribution in [0.2, 0.25) is 0 Å². The molecule has 4 atom stereocenters. The molecule has 5 N–H and O–H groups in total. The summed E-state index contributed by atoms with van der Waals surface area (Å²) in [5, 5.41) is 20.2. The minimum Gasteiger partial charge on any atom is -0.387 e. The van der Waals surface area contributed by atoms with Gasteiger partial charge in [-0.05, 0) is 15.9 Å². The van der Waals surface area contributed by atoms with Gasteiger partial charge in [0.15, 0.2) is 22.1 Å². The molecule has 2 aromatic heterocycles. The summed E-state index contributed by atoms with van der Waals surface area (Å²) in [6, 6.07) is 0. The molecule has 3 heterocycles. The number of aliphatic hydroxyl groups excluding tert-OH is 2. The molecule has 0 aromatic carbocycles. The van der Waals surface area contributed by atoms with Crippen molar-refractivity contribution in [3.05, 3.63) is 21.4 Å². The zero-order valence-electron chi connectivity index (χ0n) is 11.7. The van der Waals surface area contributed by atoms with Gasteiger partial charge in [-0.25, -0.2) is 14.5 Å². The van der Waals surface area contributed by atoms with Crippen molar-refractivity contribution < 1.29 is 33.8 Å². The SMILES string of the molecule is O=c1[nH]cnc2c1nc(Br)n2[C@@H]1O[C@H](COP(=O)(O)O)[C@@H](O)[C@H]1O. The van der Waals surface area contributed by atoms with Crippen LogP contribution in [0.3, 0.4) is 0 Å². The molecule has 132 valence electrons. The Morgan fingerprint density at radius 2 is 2.12 bits per heavy atom. The molecular formula is C10H12BrN4O8P. The van der Waals surface area contributed by atoms with Gasteiger partial charge in [-0.15, -0.1) is 0 Å². The molecule has 12 nitrogen and oxygen atoms in total. The Kier molecular flexibility index (Phi) is 4.61. The Bertz CT molecular complexity index is 864. The molecule has 0 amide bonds. The van der Waals surface area contributed by atoms with Gasteiger partial charge < -0.3 is 29.7 Å². The van der Waals surface area contributed by atoms with Gasteiger partial charge in [0.05, 0.1) is 12.9 Å². The van der Waals surface area contributed by atoms with E-state index >= 15 is 0 Å². The predicted octanol–water partition coefficient (Wildman–Crippen LogP) is -1.39. The van der Waals surface area contributed by atoms with E-state index in [-0.39, 0.29) is 15.9 Å². The van der Waals surface area contributed by atoms with Crippen LogP contribution < -0.4 is 5.56 Å². The van der Waals surface area contributed by atoms with E-state index in [4.69, 9.17) is 14.5 Å². The summed E-state index contributed by atoms with van der Waals surface area (Å²) in [4.78, 5) is 39.4. The van der Waals surface area contributed by atoms with Gasteiger partial charge in [0, 0.05) is 0 Å². The maximum absolute atomic E-state index is 11.7. The molecule has 1 saturated heterocycles. The highest BCUT2D eigenvalue weighted by molar-refractivity contribution is 9.10. The topological polar surface area (TPSA) is 180 Å². The number of halogens is 1. The van der Waals surface area contributed by atoms with Gasteiger partial charge >= 0.3 is 7.82 Å². The predicted molar refractivity (Wildman–Crippen MR) is 79.8 cm³/mol. The number of hydrogen-bond acceptors (Lipinski definition) is 8. The third-order valence-corrected chi connectivity index (χ3v) is 4.48. The third-order valence-electron chi connectivity index (χ3n) is 3.44. The summed E-state index contributed by atoms with van der Waals surface area (Å²) in [7, 11) is -4.76. The highest BCUT2D eigenvalue weighted by Crippen LogP contribution is 2.39. The first kappa shape index (κ1) is 17.6. The second-order valence-electron chi connectivity index (χ2n) is 4.99. The van der Waals surface area contributed by atoms with Gasteiger partial charge in [0.25, 0.3) is 5.56 Å². The number of aromatic amines is 1. The molecule has 0 spiro atoms. The molecule has 1 aliphatic rings. The fourth-order valence-corrected chi connectivity index (χ4v) is 3.26. The zero-order valence-corrected chi connectivity index (χ0v) is 14.2. The number of nitrogens with one attached hydrogen (secondary N) is 1. The van der Waals surface area contributed by atoms with Crippen LogP contribution in [-0.4, -0.2) is 64.4 Å². The zero-order chi connectivity index (χ0) is 17.6. The first-order chi connectivity index (χ1) is 11.2. The average Bonchev–Trinajstić information content (AvgIpc) is 2.96. The molecule has 0 saturated carbocycles. The van der Waals surface area contributed by atoms with Crippen LogP contribution in [0.1, 0.15) is 6.23 Å². The van der Waals surface area contributed by atoms with Gasteiger partial charge in [0.2, 0.25) is 0 Å². The summed E-state index contributed by atoms with van der Waals surface area (Å²) in [6.45, 7) is -0.642. The van der Waals surface area contributed by atoms with Crippen molar-refractivity contribution in [3.8, 4) is 0 Å². The average molecular weight is 427 g/mol. The number of aromatic nitrogens is 4. The minimum atomic E-state index is -4.76. The fraction of sp³-hybridized carbons (Fsp3) is 0.500. The maximum Gasteiger partial charge on any atom is 0.469 e. The number of fused-ring (bicyclic) bond motifs is 1. The van der Waals surface area contributed by atoms with Crippen LogP contribution in [0.4, 0.5) is 0 Å². The second-order valence-corrected chi connectivity index (χ2v) is 6.94. The Morgan fingerprint density at radius 3 is 2.79 bits per heavy atom. The lowest BCUT2D eigenvalue weighted by atomic mass is 10.1. The second kappa shape index (κ2) is 6.28. The third kappa shape index (κ3) is 3.17. The summed E-state index contributed by atoms with van der Waals surface area (Å²) >= 11 is 3.12. The number of H-pyrrole nitrogens is 1. The summed E-state index contributed by atoms with van der Waals surface area (Å²) in [5.74, 6) is 0. The van der Waals surface area contributed by atoms with Gasteiger partial charge in [-0.2, -0.15) is 0 Å². The first-order valence-electron chi connectivity index (χ1n) is 6.52. The molecule has 24 heavy (non-hydrogen) atoms. The van der Waals surface area contributed by atoms with Crippen molar-refractivity contribution in [1.82, 2.24) is 19.5 Å². The van der Waals surface area contributed by atoms with Crippen LogP contribution in [0.5, 0.6) is 0 Å². The summed E-state index contributed by atoms with van der Waals surface area (Å²) < 4.78 is 21.8. The molecule has 14 heteroatoms. The van der Waals surface area contributed by atoms with E-state index in [9.17, 15) is 19.6 Å². The Hall–Kier alpha value is -1.18. The lowest BCUT2D eigenvalue weighted by molar-refractivity contribution is -0.0514. The van der Waals surface area contributed by atoms with E-state index in [0.29, 0.717) is 0 Å². The molecule has 0 bridgehead atoms. The van der Waals surface area contributed by atoms with Crippen molar-refractivity contribution in [3.63, 3.8) is 0 Å². The number of phosphoric acid groups is 1. The molecular weight excluding hydrogens is 415 g/mol. The lowest BCUT2D eigenvalue weighted by Crippen LogP contribution is -2.33. The number of phosphoric ester groups is 1. The van der Waals surface area contributed by atoms with E-state index < -0.39 is 44.5 Å². The van der Waals surface area contributed by atoms with E-state index in [0.717, 1.165) is 6.33 Å². The normalized spacial score (nSPS) is 27.9. The van der Waals surface area contributed by atoms with E-state index in [1.165, 1.54) is 4.57 Å². The monoisotopic (exact) mass is 426 g/mol. The highest BCUT2D eigenvalue weighted by atomic mass is 79.9. The molecule has 2 aromatic rings. The smallest absolute Gasteiger partial charge is 0.387 e. The summed E-state index contributed by atoms with van der Waals surface area (Å²) in [5.41, 5.74) is -0.420. The summed E-state index contributed by atoms with van der Waals surface area (Å²) in [6.07, 6.45) is -4.21. The van der Waals surface area contributed by atoms with Gasteiger partial charge in [0.1, 0.15) is 18.3 Å². The quantitative estimate of drug-likeness (QED) is 0.288. The molecule has 3 rings (SSSR count). The van der Waals surface area contributed by atoms with Crippen molar-refractivity contribution >= 4 is 34.9 Å². The van der Waals surface area contributed by atoms with E-state index in [2.05, 4.69) is 35.4 Å². The van der Waals surface area contributed by atoms with Crippen LogP contribution in [-0.2, 0) is 13.8 Å². The number of imidazole rings is 1. The Morgan fingerprint density at radius 1 is 1.42 bits per heavy atom. The number of ether oxygens (including phenoxy) is 1. The maximum atomic E-state index is 11.7.